The van der Waals surface area contributed by atoms with Crippen molar-refractivity contribution >= 4 is 5.69 Å². The van der Waals surface area contributed by atoms with Crippen molar-refractivity contribution < 1.29 is 8.78 Å². The maximum absolute atomic E-state index is 13.3. The molecule has 0 spiro atoms. The summed E-state index contributed by atoms with van der Waals surface area (Å²) in [4.78, 5) is 0. The number of allylic oxidation sites excluding steroid dienone is 1. The molecule has 0 radical (unpaired) electrons. The molecule has 2 aromatic rings. The van der Waals surface area contributed by atoms with Crippen molar-refractivity contribution in [1.82, 2.24) is 15.1 Å². The van der Waals surface area contributed by atoms with Gasteiger partial charge in [0.1, 0.15) is 0 Å². The average molecular weight is 386 g/mol. The van der Waals surface area contributed by atoms with Gasteiger partial charge in [0.15, 0.2) is 0 Å². The highest BCUT2D eigenvalue weighted by Crippen LogP contribution is 2.33. The molecule has 4 nitrogen and oxygen atoms in total. The molecular formula is C22H28F2N4. The Morgan fingerprint density at radius 2 is 2.00 bits per heavy atom. The Labute approximate surface area is 165 Å². The van der Waals surface area contributed by atoms with E-state index >= 15 is 0 Å². The molecule has 150 valence electrons. The predicted molar refractivity (Wildman–Crippen MR) is 111 cm³/mol. The fraction of sp³-hybridized carbons (Fsp3) is 0.409. The summed E-state index contributed by atoms with van der Waals surface area (Å²) >= 11 is 0. The van der Waals surface area contributed by atoms with Gasteiger partial charge in [-0.05, 0) is 43.0 Å². The highest BCUT2D eigenvalue weighted by Gasteiger charge is 2.34. The van der Waals surface area contributed by atoms with Crippen LogP contribution >= 0.6 is 0 Å². The van der Waals surface area contributed by atoms with E-state index in [9.17, 15) is 8.78 Å². The van der Waals surface area contributed by atoms with E-state index in [0.29, 0.717) is 24.9 Å². The van der Waals surface area contributed by atoms with Crippen LogP contribution < -0.4 is 11.1 Å². The van der Waals surface area contributed by atoms with E-state index in [1.165, 1.54) is 0 Å². The second kappa shape index (κ2) is 8.92. The lowest BCUT2D eigenvalue weighted by atomic mass is 9.92. The minimum Gasteiger partial charge on any atom is -0.398 e. The van der Waals surface area contributed by atoms with E-state index in [4.69, 9.17) is 5.73 Å². The van der Waals surface area contributed by atoms with Crippen LogP contribution in [0.1, 0.15) is 36.9 Å². The van der Waals surface area contributed by atoms with Crippen LogP contribution in [0.25, 0.3) is 11.1 Å². The standard InChI is InChI=1S/C20H26F2N4.C2H2/c1-13(25-17-6-8-20(21,22)9-7-17)10-16-11-15(4-5-19(16)23)18-12-24-26(3)14(18)2;1-2/h4-5,11-12,17,25H,1,6-10,23H2,2-3H3;1-2H. The molecule has 0 aliphatic heterocycles. The molecule has 1 aliphatic rings. The maximum atomic E-state index is 13.3. The number of nitrogens with zero attached hydrogens (tertiary/aromatic N) is 2. The smallest absolute Gasteiger partial charge is 0.248 e. The van der Waals surface area contributed by atoms with Gasteiger partial charge in [-0.2, -0.15) is 5.10 Å². The van der Waals surface area contributed by atoms with Crippen molar-refractivity contribution in [2.45, 2.75) is 51.0 Å². The van der Waals surface area contributed by atoms with Crippen LogP contribution in [0.4, 0.5) is 14.5 Å². The number of terminal acetylenes is 1. The summed E-state index contributed by atoms with van der Waals surface area (Å²) in [5.41, 5.74) is 11.8. The number of aromatic nitrogens is 2. The lowest BCUT2D eigenvalue weighted by molar-refractivity contribution is -0.0397. The topological polar surface area (TPSA) is 55.9 Å². The fourth-order valence-corrected chi connectivity index (χ4v) is 3.46. The van der Waals surface area contributed by atoms with Crippen LogP contribution in [0.2, 0.25) is 0 Å². The number of nitrogens with two attached hydrogens (primary N) is 1. The van der Waals surface area contributed by atoms with Gasteiger partial charge in [0, 0.05) is 55.0 Å². The second-order valence-corrected chi connectivity index (χ2v) is 7.24. The Kier molecular flexibility index (Phi) is 6.85. The first kappa shape index (κ1) is 21.5. The zero-order valence-electron chi connectivity index (χ0n) is 16.5. The summed E-state index contributed by atoms with van der Waals surface area (Å²) in [6.07, 6.45) is 11.2. The number of nitrogen functional groups attached to an aromatic ring is 1. The highest BCUT2D eigenvalue weighted by molar-refractivity contribution is 5.69. The van der Waals surface area contributed by atoms with Crippen molar-refractivity contribution in [2.24, 2.45) is 7.05 Å². The van der Waals surface area contributed by atoms with Crippen molar-refractivity contribution in [2.75, 3.05) is 5.73 Å². The first-order chi connectivity index (χ1) is 13.2. The molecule has 1 aromatic carbocycles. The van der Waals surface area contributed by atoms with Crippen molar-refractivity contribution in [3.05, 3.63) is 47.9 Å². The number of aryl methyl sites for hydroxylation is 1. The van der Waals surface area contributed by atoms with Crippen molar-refractivity contribution in [3.8, 4) is 24.0 Å². The molecule has 1 heterocycles. The Morgan fingerprint density at radius 3 is 2.57 bits per heavy atom. The minimum absolute atomic E-state index is 0.0597. The lowest BCUT2D eigenvalue weighted by Gasteiger charge is -2.30. The van der Waals surface area contributed by atoms with Gasteiger partial charge in [-0.15, -0.1) is 12.8 Å². The van der Waals surface area contributed by atoms with E-state index in [0.717, 1.165) is 28.1 Å². The van der Waals surface area contributed by atoms with Crippen LogP contribution in [0.3, 0.4) is 0 Å². The Morgan fingerprint density at radius 1 is 1.36 bits per heavy atom. The van der Waals surface area contributed by atoms with Crippen molar-refractivity contribution in [1.29, 1.82) is 0 Å². The van der Waals surface area contributed by atoms with Crippen LogP contribution in [0, 0.1) is 19.8 Å². The summed E-state index contributed by atoms with van der Waals surface area (Å²) in [6.45, 7) is 6.10. The van der Waals surface area contributed by atoms with Crippen LogP contribution in [0.5, 0.6) is 0 Å². The van der Waals surface area contributed by atoms with Gasteiger partial charge in [-0.25, -0.2) is 8.78 Å². The molecule has 0 unspecified atom stereocenters. The van der Waals surface area contributed by atoms with Crippen molar-refractivity contribution in [3.63, 3.8) is 0 Å². The Balaban J connectivity index is 0.00000136. The molecule has 3 N–H and O–H groups in total. The molecule has 1 saturated carbocycles. The molecule has 1 fully saturated rings. The van der Waals surface area contributed by atoms with E-state index in [2.05, 4.69) is 35.9 Å². The third-order valence-corrected chi connectivity index (χ3v) is 5.22. The zero-order chi connectivity index (χ0) is 20.9. The monoisotopic (exact) mass is 386 g/mol. The van der Waals surface area contributed by atoms with Gasteiger partial charge >= 0.3 is 0 Å². The number of rotatable bonds is 5. The highest BCUT2D eigenvalue weighted by atomic mass is 19.3. The first-order valence-corrected chi connectivity index (χ1v) is 9.28. The van der Waals surface area contributed by atoms with Gasteiger partial charge in [-0.1, -0.05) is 12.6 Å². The minimum atomic E-state index is -2.51. The summed E-state index contributed by atoms with van der Waals surface area (Å²) < 4.78 is 28.4. The summed E-state index contributed by atoms with van der Waals surface area (Å²) in [7, 11) is 1.91. The van der Waals surface area contributed by atoms with Gasteiger partial charge in [0.25, 0.3) is 0 Å². The number of benzene rings is 1. The largest absolute Gasteiger partial charge is 0.398 e. The van der Waals surface area contributed by atoms with Crippen LogP contribution in [0.15, 0.2) is 36.7 Å². The number of hydrogen-bond acceptors (Lipinski definition) is 3. The quantitative estimate of drug-likeness (QED) is 0.590. The number of anilines is 1. The van der Waals surface area contributed by atoms with E-state index < -0.39 is 5.92 Å². The second-order valence-electron chi connectivity index (χ2n) is 7.24. The summed E-state index contributed by atoms with van der Waals surface area (Å²) in [6, 6.07) is 6.00. The number of nitrogens with one attached hydrogen (secondary N) is 1. The molecule has 0 bridgehead atoms. The number of hydrogen-bond donors (Lipinski definition) is 2. The van der Waals surface area contributed by atoms with Gasteiger partial charge in [-0.3, -0.25) is 4.68 Å². The van der Waals surface area contributed by atoms with Gasteiger partial charge < -0.3 is 11.1 Å². The Bertz CT molecular complexity index is 841. The van der Waals surface area contributed by atoms with Gasteiger partial charge in [0.2, 0.25) is 5.92 Å². The fourth-order valence-electron chi connectivity index (χ4n) is 3.46. The molecular weight excluding hydrogens is 358 g/mol. The molecule has 1 aliphatic carbocycles. The van der Waals surface area contributed by atoms with E-state index in [1.807, 2.05) is 37.0 Å². The first-order valence-electron chi connectivity index (χ1n) is 9.28. The summed E-state index contributed by atoms with van der Waals surface area (Å²) in [5, 5.41) is 7.60. The molecule has 6 heteroatoms. The third kappa shape index (κ3) is 5.13. The molecule has 0 saturated heterocycles. The van der Waals surface area contributed by atoms with E-state index in [1.54, 1.807) is 0 Å². The average Bonchev–Trinajstić information content (AvgIpc) is 2.99. The molecule has 3 rings (SSSR count). The number of halogens is 2. The lowest BCUT2D eigenvalue weighted by Crippen LogP contribution is -2.36. The number of alkyl halides is 2. The Hall–Kier alpha value is -2.81. The normalized spacial score (nSPS) is 16.1. The molecule has 0 amide bonds. The summed E-state index contributed by atoms with van der Waals surface area (Å²) in [5.74, 6) is -2.51. The molecule has 0 atom stereocenters. The zero-order valence-corrected chi connectivity index (χ0v) is 16.5. The third-order valence-electron chi connectivity index (χ3n) is 5.22. The van der Waals surface area contributed by atoms with Crippen LogP contribution in [-0.2, 0) is 13.5 Å². The van der Waals surface area contributed by atoms with E-state index in [-0.39, 0.29) is 18.9 Å². The van der Waals surface area contributed by atoms with Crippen LogP contribution in [-0.4, -0.2) is 21.7 Å². The molecule has 28 heavy (non-hydrogen) atoms. The molecule has 1 aromatic heterocycles. The maximum Gasteiger partial charge on any atom is 0.248 e. The van der Waals surface area contributed by atoms with Gasteiger partial charge in [0.05, 0.1) is 6.20 Å². The SMILES string of the molecule is C#C.C=C(Cc1cc(-c2cnn(C)c2C)ccc1N)NC1CCC(F)(F)CC1. The predicted octanol–water partition coefficient (Wildman–Crippen LogP) is 4.45.